The predicted molar refractivity (Wildman–Crippen MR) is 61.2 cm³/mol. The molecule has 1 aliphatic heterocycles. The number of hydrogen-bond acceptors (Lipinski definition) is 4. The molecule has 0 aromatic carbocycles. The lowest BCUT2D eigenvalue weighted by atomic mass is 10.3. The van der Waals surface area contributed by atoms with E-state index in [0.717, 1.165) is 5.69 Å². The molecule has 2 heterocycles. The highest BCUT2D eigenvalue weighted by atomic mass is 16.1. The fraction of sp³-hybridized carbons (Fsp3) is 0.273. The van der Waals surface area contributed by atoms with Gasteiger partial charge in [0.25, 0.3) is 5.91 Å². The van der Waals surface area contributed by atoms with Crippen LogP contribution in [0.1, 0.15) is 6.92 Å². The number of amides is 1. The van der Waals surface area contributed by atoms with E-state index in [2.05, 4.69) is 4.98 Å². The highest BCUT2D eigenvalue weighted by molar-refractivity contribution is 5.92. The summed E-state index contributed by atoms with van der Waals surface area (Å²) in [6, 6.07) is 3.80. The summed E-state index contributed by atoms with van der Waals surface area (Å²) in [5.74, 6) is -0.416. The van der Waals surface area contributed by atoms with Gasteiger partial charge in [0.05, 0.1) is 11.9 Å². The van der Waals surface area contributed by atoms with E-state index in [4.69, 9.17) is 5.73 Å². The smallest absolute Gasteiger partial charge is 0.266 e. The fourth-order valence-corrected chi connectivity index (χ4v) is 1.75. The molecule has 0 bridgehead atoms. The summed E-state index contributed by atoms with van der Waals surface area (Å²) < 4.78 is 0. The van der Waals surface area contributed by atoms with Crippen LogP contribution in [0.15, 0.2) is 36.4 Å². The highest BCUT2D eigenvalue weighted by Crippen LogP contribution is 2.26. The van der Waals surface area contributed by atoms with Crippen molar-refractivity contribution in [3.63, 3.8) is 0 Å². The molecule has 0 saturated heterocycles. The third-order valence-electron chi connectivity index (χ3n) is 2.80. The molecule has 1 atom stereocenters. The molecule has 5 heteroatoms. The maximum atomic E-state index is 11.2. The monoisotopic (exact) mass is 218 g/mol. The number of aromatic nitrogens is 1. The summed E-state index contributed by atoms with van der Waals surface area (Å²) in [4.78, 5) is 19.1. The number of rotatable bonds is 2. The molecule has 84 valence electrons. The largest absolute Gasteiger partial charge is 0.364 e. The van der Waals surface area contributed by atoms with Crippen LogP contribution in [0, 0.1) is 0 Å². The van der Waals surface area contributed by atoms with E-state index in [-0.39, 0.29) is 6.17 Å². The van der Waals surface area contributed by atoms with Crippen molar-refractivity contribution in [1.82, 2.24) is 9.88 Å². The molecular weight excluding hydrogens is 204 g/mol. The van der Waals surface area contributed by atoms with Crippen molar-refractivity contribution < 1.29 is 4.79 Å². The first-order valence-electron chi connectivity index (χ1n) is 5.04. The molecule has 0 fully saturated rings. The zero-order valence-electron chi connectivity index (χ0n) is 9.29. The van der Waals surface area contributed by atoms with Crippen LogP contribution in [0.5, 0.6) is 0 Å². The molecule has 2 rings (SSSR count). The Balaban J connectivity index is 2.34. The summed E-state index contributed by atoms with van der Waals surface area (Å²) in [7, 11) is 1.84. The zero-order chi connectivity index (χ0) is 11.7. The van der Waals surface area contributed by atoms with Gasteiger partial charge in [-0.1, -0.05) is 0 Å². The van der Waals surface area contributed by atoms with Crippen molar-refractivity contribution in [2.24, 2.45) is 5.73 Å². The third kappa shape index (κ3) is 1.60. The van der Waals surface area contributed by atoms with Crippen LogP contribution in [0.3, 0.4) is 0 Å². The van der Waals surface area contributed by atoms with Crippen molar-refractivity contribution in [2.75, 3.05) is 11.9 Å². The number of pyridine rings is 1. The van der Waals surface area contributed by atoms with Crippen LogP contribution in [-0.2, 0) is 4.79 Å². The van der Waals surface area contributed by atoms with Gasteiger partial charge in [-0.25, -0.2) is 0 Å². The van der Waals surface area contributed by atoms with Gasteiger partial charge in [-0.2, -0.15) is 0 Å². The highest BCUT2D eigenvalue weighted by Gasteiger charge is 2.29. The second-order valence-corrected chi connectivity index (χ2v) is 3.74. The maximum absolute atomic E-state index is 11.2. The first-order chi connectivity index (χ1) is 7.61. The molecule has 1 aromatic rings. The first-order valence-corrected chi connectivity index (χ1v) is 5.04. The van der Waals surface area contributed by atoms with Crippen LogP contribution in [0.25, 0.3) is 0 Å². The van der Waals surface area contributed by atoms with E-state index in [9.17, 15) is 4.79 Å². The molecule has 0 spiro atoms. The topological polar surface area (TPSA) is 62.5 Å². The van der Waals surface area contributed by atoms with E-state index in [0.29, 0.717) is 5.70 Å². The van der Waals surface area contributed by atoms with Gasteiger partial charge < -0.3 is 15.5 Å². The van der Waals surface area contributed by atoms with E-state index in [1.54, 1.807) is 18.6 Å². The van der Waals surface area contributed by atoms with Crippen LogP contribution in [0.2, 0.25) is 0 Å². The number of hydrogen-bond donors (Lipinski definition) is 1. The number of primary amides is 1. The van der Waals surface area contributed by atoms with Crippen LogP contribution >= 0.6 is 0 Å². The average molecular weight is 218 g/mol. The molecule has 1 amide bonds. The molecule has 1 unspecified atom stereocenters. The Labute approximate surface area is 94.2 Å². The van der Waals surface area contributed by atoms with Crippen LogP contribution in [0.4, 0.5) is 5.69 Å². The molecule has 1 aromatic heterocycles. The van der Waals surface area contributed by atoms with E-state index in [1.807, 2.05) is 35.9 Å². The van der Waals surface area contributed by atoms with Gasteiger partial charge in [-0.15, -0.1) is 0 Å². The van der Waals surface area contributed by atoms with Crippen LogP contribution < -0.4 is 10.6 Å². The number of anilines is 1. The summed E-state index contributed by atoms with van der Waals surface area (Å²) in [6.07, 6.45) is 5.29. The Hall–Kier alpha value is -2.04. The number of carbonyl (C=O) groups excluding carboxylic acids is 1. The van der Waals surface area contributed by atoms with Crippen LogP contribution in [-0.4, -0.2) is 29.0 Å². The van der Waals surface area contributed by atoms with Gasteiger partial charge in [-0.3, -0.25) is 9.78 Å². The molecule has 0 saturated carbocycles. The Bertz CT molecular complexity index is 429. The first kappa shape index (κ1) is 10.5. The third-order valence-corrected chi connectivity index (χ3v) is 2.80. The Kier molecular flexibility index (Phi) is 2.52. The van der Waals surface area contributed by atoms with Gasteiger partial charge in [-0.05, 0) is 19.1 Å². The summed E-state index contributed by atoms with van der Waals surface area (Å²) in [5.41, 5.74) is 6.75. The molecule has 1 aliphatic rings. The van der Waals surface area contributed by atoms with Gasteiger partial charge in [0.15, 0.2) is 0 Å². The zero-order valence-corrected chi connectivity index (χ0v) is 9.29. The lowest BCUT2D eigenvalue weighted by molar-refractivity contribution is -0.115. The molecule has 2 N–H and O–H groups in total. The second kappa shape index (κ2) is 3.84. The van der Waals surface area contributed by atoms with Gasteiger partial charge in [0.1, 0.15) is 11.9 Å². The van der Waals surface area contributed by atoms with E-state index < -0.39 is 5.91 Å². The minimum atomic E-state index is -0.416. The van der Waals surface area contributed by atoms with Gasteiger partial charge in [0.2, 0.25) is 0 Å². The molecule has 5 nitrogen and oxygen atoms in total. The van der Waals surface area contributed by atoms with Gasteiger partial charge in [0, 0.05) is 19.4 Å². The Morgan fingerprint density at radius 1 is 1.56 bits per heavy atom. The maximum Gasteiger partial charge on any atom is 0.266 e. The van der Waals surface area contributed by atoms with Crippen molar-refractivity contribution in [3.05, 3.63) is 36.4 Å². The number of carbonyl (C=O) groups is 1. The normalized spacial score (nSPS) is 19.9. The summed E-state index contributed by atoms with van der Waals surface area (Å²) in [6.45, 7) is 2.00. The van der Waals surface area contributed by atoms with Crippen molar-refractivity contribution in [1.29, 1.82) is 0 Å². The minimum Gasteiger partial charge on any atom is -0.364 e. The summed E-state index contributed by atoms with van der Waals surface area (Å²) in [5, 5.41) is 0. The van der Waals surface area contributed by atoms with Crippen molar-refractivity contribution >= 4 is 11.6 Å². The SMILES string of the molecule is CC1N(C)C(C(N)=O)=CN1c1cccnc1. The van der Waals surface area contributed by atoms with Crippen molar-refractivity contribution in [3.8, 4) is 0 Å². The summed E-state index contributed by atoms with van der Waals surface area (Å²) >= 11 is 0. The van der Waals surface area contributed by atoms with Crippen molar-refractivity contribution in [2.45, 2.75) is 13.1 Å². The molecular formula is C11H14N4O. The lowest BCUT2D eigenvalue weighted by Crippen LogP contribution is -2.36. The predicted octanol–water partition coefficient (Wildman–Crippen LogP) is 0.506. The van der Waals surface area contributed by atoms with E-state index in [1.165, 1.54) is 0 Å². The standard InChI is InChI=1S/C11H14N4O/c1-8-14(2)10(11(12)16)7-15(8)9-4-3-5-13-6-9/h3-8H,1-2H3,(H2,12,16). The molecule has 0 aliphatic carbocycles. The number of nitrogens with two attached hydrogens (primary N) is 1. The molecule has 16 heavy (non-hydrogen) atoms. The quantitative estimate of drug-likeness (QED) is 0.785. The number of likely N-dealkylation sites (N-methyl/N-ethyl adjacent to an activating group) is 1. The molecule has 0 radical (unpaired) electrons. The van der Waals surface area contributed by atoms with E-state index >= 15 is 0 Å². The number of nitrogens with zero attached hydrogens (tertiary/aromatic N) is 3. The Morgan fingerprint density at radius 2 is 2.31 bits per heavy atom. The minimum absolute atomic E-state index is 0.0618. The lowest BCUT2D eigenvalue weighted by Gasteiger charge is -2.27. The fourth-order valence-electron chi connectivity index (χ4n) is 1.75. The average Bonchev–Trinajstić information content (AvgIpc) is 2.58. The van der Waals surface area contributed by atoms with Gasteiger partial charge >= 0.3 is 0 Å². The Morgan fingerprint density at radius 3 is 2.81 bits per heavy atom. The second-order valence-electron chi connectivity index (χ2n) is 3.74.